The van der Waals surface area contributed by atoms with Crippen LogP contribution in [0.3, 0.4) is 0 Å². The summed E-state index contributed by atoms with van der Waals surface area (Å²) in [5, 5.41) is 5.79. The largest absolute Gasteiger partial charge is 0.493 e. The molecule has 3 heterocycles. The number of hydrogen-bond acceptors (Lipinski definition) is 5. The fraction of sp³-hybridized carbons (Fsp3) is 0.435. The second-order valence-corrected chi connectivity index (χ2v) is 8.13. The van der Waals surface area contributed by atoms with Crippen molar-refractivity contribution in [3.8, 4) is 11.6 Å². The third-order valence-corrected chi connectivity index (χ3v) is 5.79. The summed E-state index contributed by atoms with van der Waals surface area (Å²) in [6.45, 7) is 2.85. The van der Waals surface area contributed by atoms with Gasteiger partial charge in [-0.05, 0) is 48.9 Å². The maximum absolute atomic E-state index is 12.3. The molecule has 0 bridgehead atoms. The number of rotatable bonds is 7. The Hall–Kier alpha value is -2.89. The number of hydrogen-bond donors (Lipinski definition) is 0. The molecule has 6 heteroatoms. The zero-order chi connectivity index (χ0) is 20.0. The van der Waals surface area contributed by atoms with Crippen LogP contribution in [0.5, 0.6) is 11.6 Å². The standard InChI is InChI=1S/C23H25N3O3/c1-14-11-20(24-23-21(14)22(16-5-6-16)25-26(23)2)29-13-18(27)7-3-15-4-8-19-17(12-15)9-10-28-19/h4,8,11-12,16H,3,5-7,9-10,13H2,1-2H3. The number of carbonyl (C=O) groups is 1. The van der Waals surface area contributed by atoms with Crippen LogP contribution in [0.15, 0.2) is 24.3 Å². The van der Waals surface area contributed by atoms with Crippen LogP contribution in [0.4, 0.5) is 0 Å². The van der Waals surface area contributed by atoms with Gasteiger partial charge in [0, 0.05) is 37.3 Å². The number of aryl methyl sites for hydroxylation is 3. The van der Waals surface area contributed by atoms with Crippen LogP contribution < -0.4 is 9.47 Å². The molecule has 0 amide bonds. The predicted octanol–water partition coefficient (Wildman–Crippen LogP) is 3.67. The van der Waals surface area contributed by atoms with Gasteiger partial charge in [-0.15, -0.1) is 0 Å². The van der Waals surface area contributed by atoms with Crippen molar-refractivity contribution in [1.82, 2.24) is 14.8 Å². The molecular formula is C23H25N3O3. The molecule has 0 spiro atoms. The van der Waals surface area contributed by atoms with E-state index in [9.17, 15) is 4.79 Å². The van der Waals surface area contributed by atoms with E-state index in [-0.39, 0.29) is 12.4 Å². The molecule has 5 rings (SSSR count). The summed E-state index contributed by atoms with van der Waals surface area (Å²) < 4.78 is 13.1. The lowest BCUT2D eigenvalue weighted by Crippen LogP contribution is -2.13. The number of pyridine rings is 1. The summed E-state index contributed by atoms with van der Waals surface area (Å²) >= 11 is 0. The van der Waals surface area contributed by atoms with Gasteiger partial charge < -0.3 is 9.47 Å². The molecule has 0 saturated heterocycles. The Morgan fingerprint density at radius 3 is 3.00 bits per heavy atom. The lowest BCUT2D eigenvalue weighted by molar-refractivity contribution is -0.121. The molecule has 2 aromatic heterocycles. The highest BCUT2D eigenvalue weighted by atomic mass is 16.5. The van der Waals surface area contributed by atoms with Gasteiger partial charge in [0.1, 0.15) is 12.4 Å². The Morgan fingerprint density at radius 1 is 1.31 bits per heavy atom. The number of ketones is 1. The van der Waals surface area contributed by atoms with Crippen LogP contribution in [0, 0.1) is 6.92 Å². The van der Waals surface area contributed by atoms with Crippen molar-refractivity contribution in [2.24, 2.45) is 7.05 Å². The number of carbonyl (C=O) groups excluding carboxylic acids is 1. The van der Waals surface area contributed by atoms with Crippen molar-refractivity contribution in [1.29, 1.82) is 0 Å². The molecule has 1 aromatic carbocycles. The lowest BCUT2D eigenvalue weighted by atomic mass is 10.0. The number of fused-ring (bicyclic) bond motifs is 2. The number of benzene rings is 1. The van der Waals surface area contributed by atoms with Crippen molar-refractivity contribution < 1.29 is 14.3 Å². The Kier molecular flexibility index (Phi) is 4.49. The highest BCUT2D eigenvalue weighted by Gasteiger charge is 2.30. The molecule has 0 radical (unpaired) electrons. The van der Waals surface area contributed by atoms with Gasteiger partial charge in [0.05, 0.1) is 12.3 Å². The first-order valence-corrected chi connectivity index (χ1v) is 10.3. The van der Waals surface area contributed by atoms with E-state index in [0.717, 1.165) is 41.1 Å². The number of aromatic nitrogens is 3. The Balaban J connectivity index is 1.22. The SMILES string of the molecule is Cc1cc(OCC(=O)CCc2ccc3c(c2)CCO3)nc2c1c(C1CC1)nn2C. The minimum atomic E-state index is 0.0410. The molecule has 0 atom stereocenters. The molecule has 6 nitrogen and oxygen atoms in total. The van der Waals surface area contributed by atoms with Crippen LogP contribution in [0.2, 0.25) is 0 Å². The van der Waals surface area contributed by atoms with Crippen LogP contribution >= 0.6 is 0 Å². The second-order valence-electron chi connectivity index (χ2n) is 8.13. The van der Waals surface area contributed by atoms with Crippen LogP contribution in [0.25, 0.3) is 11.0 Å². The van der Waals surface area contributed by atoms with E-state index in [2.05, 4.69) is 23.1 Å². The maximum Gasteiger partial charge on any atom is 0.215 e. The third kappa shape index (κ3) is 3.59. The van der Waals surface area contributed by atoms with Crippen LogP contribution in [-0.4, -0.2) is 33.8 Å². The summed E-state index contributed by atoms with van der Waals surface area (Å²) in [4.78, 5) is 17.0. The molecule has 3 aromatic rings. The summed E-state index contributed by atoms with van der Waals surface area (Å²) in [6.07, 6.45) is 4.53. The van der Waals surface area contributed by atoms with Crippen molar-refractivity contribution in [2.45, 2.75) is 44.9 Å². The quantitative estimate of drug-likeness (QED) is 0.615. The molecule has 1 fully saturated rings. The van der Waals surface area contributed by atoms with E-state index in [1.165, 1.54) is 24.0 Å². The Morgan fingerprint density at radius 2 is 2.17 bits per heavy atom. The number of nitrogens with zero attached hydrogens (tertiary/aromatic N) is 3. The highest BCUT2D eigenvalue weighted by Crippen LogP contribution is 2.43. The zero-order valence-corrected chi connectivity index (χ0v) is 16.9. The molecule has 2 aliphatic rings. The van der Waals surface area contributed by atoms with Gasteiger partial charge >= 0.3 is 0 Å². The predicted molar refractivity (Wildman–Crippen MR) is 110 cm³/mol. The molecule has 1 aliphatic carbocycles. The summed E-state index contributed by atoms with van der Waals surface area (Å²) in [5.41, 5.74) is 5.48. The Bertz CT molecular complexity index is 1100. The van der Waals surface area contributed by atoms with Gasteiger partial charge in [-0.25, -0.2) is 0 Å². The fourth-order valence-corrected chi connectivity index (χ4v) is 4.06. The first-order valence-electron chi connectivity index (χ1n) is 10.3. The summed E-state index contributed by atoms with van der Waals surface area (Å²) in [5.74, 6) is 2.10. The van der Waals surface area contributed by atoms with E-state index in [4.69, 9.17) is 9.47 Å². The first kappa shape index (κ1) is 18.2. The van der Waals surface area contributed by atoms with Crippen LogP contribution in [0.1, 0.15) is 47.6 Å². The van der Waals surface area contributed by atoms with Crippen molar-refractivity contribution in [3.63, 3.8) is 0 Å². The first-order chi connectivity index (χ1) is 14.1. The molecule has 29 heavy (non-hydrogen) atoms. The average molecular weight is 391 g/mol. The minimum Gasteiger partial charge on any atom is -0.493 e. The van der Waals surface area contributed by atoms with E-state index >= 15 is 0 Å². The zero-order valence-electron chi connectivity index (χ0n) is 16.9. The number of ether oxygens (including phenoxy) is 2. The minimum absolute atomic E-state index is 0.0410. The highest BCUT2D eigenvalue weighted by molar-refractivity contribution is 5.84. The molecular weight excluding hydrogens is 366 g/mol. The fourth-order valence-electron chi connectivity index (χ4n) is 4.06. The molecule has 1 saturated carbocycles. The van der Waals surface area contributed by atoms with Crippen molar-refractivity contribution in [3.05, 3.63) is 46.6 Å². The maximum atomic E-state index is 12.3. The van der Waals surface area contributed by atoms with Gasteiger partial charge in [-0.3, -0.25) is 9.48 Å². The van der Waals surface area contributed by atoms with Gasteiger partial charge in [0.15, 0.2) is 11.4 Å². The summed E-state index contributed by atoms with van der Waals surface area (Å²) in [6, 6.07) is 8.11. The Labute approximate surface area is 169 Å². The molecule has 0 unspecified atom stereocenters. The second kappa shape index (κ2) is 7.17. The van der Waals surface area contributed by atoms with E-state index < -0.39 is 0 Å². The topological polar surface area (TPSA) is 66.2 Å². The normalized spacial score (nSPS) is 15.4. The van der Waals surface area contributed by atoms with E-state index in [1.807, 2.05) is 29.9 Å². The monoisotopic (exact) mass is 391 g/mol. The summed E-state index contributed by atoms with van der Waals surface area (Å²) in [7, 11) is 1.91. The smallest absolute Gasteiger partial charge is 0.215 e. The van der Waals surface area contributed by atoms with Crippen molar-refractivity contribution >= 4 is 16.8 Å². The molecule has 150 valence electrons. The molecule has 0 N–H and O–H groups in total. The van der Waals surface area contributed by atoms with Gasteiger partial charge in [-0.1, -0.05) is 12.1 Å². The van der Waals surface area contributed by atoms with Gasteiger partial charge in [-0.2, -0.15) is 10.1 Å². The van der Waals surface area contributed by atoms with E-state index in [0.29, 0.717) is 24.6 Å². The number of Topliss-reactive ketones (excluding diaryl/α,β-unsaturated/α-hetero) is 1. The lowest BCUT2D eigenvalue weighted by Gasteiger charge is -2.08. The van der Waals surface area contributed by atoms with E-state index in [1.54, 1.807) is 0 Å². The van der Waals surface area contributed by atoms with Gasteiger partial charge in [0.2, 0.25) is 5.88 Å². The average Bonchev–Trinajstić information content (AvgIpc) is 3.36. The van der Waals surface area contributed by atoms with Crippen molar-refractivity contribution in [2.75, 3.05) is 13.2 Å². The van der Waals surface area contributed by atoms with Gasteiger partial charge in [0.25, 0.3) is 0 Å². The third-order valence-electron chi connectivity index (χ3n) is 5.79. The molecule has 1 aliphatic heterocycles. The van der Waals surface area contributed by atoms with Crippen LogP contribution in [-0.2, 0) is 24.7 Å².